The van der Waals surface area contributed by atoms with Gasteiger partial charge < -0.3 is 4.90 Å². The maximum absolute atomic E-state index is 12.3. The lowest BCUT2D eigenvalue weighted by Gasteiger charge is -2.16. The second-order valence-corrected chi connectivity index (χ2v) is 7.39. The zero-order chi connectivity index (χ0) is 14.8. The lowest BCUT2D eigenvalue weighted by Crippen LogP contribution is -2.26. The summed E-state index contributed by atoms with van der Waals surface area (Å²) in [6.07, 6.45) is 1.13. The molecular weight excluding hydrogens is 294 g/mol. The Morgan fingerprint density at radius 2 is 2.05 bits per heavy atom. The van der Waals surface area contributed by atoms with Crippen molar-refractivity contribution in [2.45, 2.75) is 11.4 Å². The van der Waals surface area contributed by atoms with E-state index in [-0.39, 0.29) is 10.8 Å². The van der Waals surface area contributed by atoms with Crippen LogP contribution in [-0.2, 0) is 16.4 Å². The smallest absolute Gasteiger partial charge is 0.253 e. The molecule has 0 bridgehead atoms. The highest BCUT2D eigenvalue weighted by Crippen LogP contribution is 2.15. The second kappa shape index (κ2) is 5.76. The molecule has 0 aliphatic carbocycles. The maximum atomic E-state index is 12.3. The summed E-state index contributed by atoms with van der Waals surface area (Å²) in [7, 11) is -1.60. The summed E-state index contributed by atoms with van der Waals surface area (Å²) in [5.74, 6) is -0.193. The predicted molar refractivity (Wildman–Crippen MR) is 79.7 cm³/mol. The van der Waals surface area contributed by atoms with Crippen LogP contribution in [0.3, 0.4) is 0 Å². The van der Waals surface area contributed by atoms with Gasteiger partial charge in [0.1, 0.15) is 0 Å². The van der Waals surface area contributed by atoms with Crippen LogP contribution >= 0.6 is 11.3 Å². The molecule has 4 nitrogen and oxygen atoms in total. The van der Waals surface area contributed by atoms with Crippen molar-refractivity contribution in [3.05, 3.63) is 52.2 Å². The van der Waals surface area contributed by atoms with E-state index in [1.54, 1.807) is 35.4 Å². The van der Waals surface area contributed by atoms with Crippen molar-refractivity contribution in [2.24, 2.45) is 0 Å². The van der Waals surface area contributed by atoms with Gasteiger partial charge in [-0.25, -0.2) is 8.42 Å². The van der Waals surface area contributed by atoms with E-state index in [2.05, 4.69) is 0 Å². The number of carbonyl (C=O) groups is 1. The molecule has 0 aliphatic rings. The van der Waals surface area contributed by atoms with E-state index in [9.17, 15) is 13.2 Å². The fourth-order valence-electron chi connectivity index (χ4n) is 1.81. The Hall–Kier alpha value is -1.66. The molecule has 0 fully saturated rings. The molecule has 0 N–H and O–H groups in total. The molecule has 1 heterocycles. The third kappa shape index (κ3) is 3.46. The maximum Gasteiger partial charge on any atom is 0.253 e. The molecule has 0 spiro atoms. The first-order valence-corrected chi connectivity index (χ1v) is 8.78. The highest BCUT2D eigenvalue weighted by atomic mass is 32.2. The molecular formula is C14H15NO3S2. The number of nitrogens with zero attached hydrogens (tertiary/aromatic N) is 1. The molecule has 2 rings (SSSR count). The number of thiophene rings is 1. The second-order valence-electron chi connectivity index (χ2n) is 4.59. The molecule has 1 amide bonds. The van der Waals surface area contributed by atoms with Gasteiger partial charge in [-0.1, -0.05) is 6.07 Å². The van der Waals surface area contributed by atoms with E-state index in [0.717, 1.165) is 11.8 Å². The van der Waals surface area contributed by atoms with Crippen molar-refractivity contribution in [3.63, 3.8) is 0 Å². The van der Waals surface area contributed by atoms with Crippen molar-refractivity contribution in [3.8, 4) is 0 Å². The molecule has 0 saturated heterocycles. The predicted octanol–water partition coefficient (Wildman–Crippen LogP) is 2.42. The standard InChI is InChI=1S/C14H15NO3S2/c1-15(9-11-6-7-19-10-11)14(16)12-4-3-5-13(8-12)20(2,17)18/h3-8,10H,9H2,1-2H3. The van der Waals surface area contributed by atoms with Crippen LogP contribution in [-0.4, -0.2) is 32.5 Å². The van der Waals surface area contributed by atoms with Crippen LogP contribution in [0.1, 0.15) is 15.9 Å². The summed E-state index contributed by atoms with van der Waals surface area (Å²) in [5, 5.41) is 3.94. The Morgan fingerprint density at radius 3 is 2.65 bits per heavy atom. The summed E-state index contributed by atoms with van der Waals surface area (Å²) in [4.78, 5) is 14.0. The summed E-state index contributed by atoms with van der Waals surface area (Å²) >= 11 is 1.58. The van der Waals surface area contributed by atoms with Crippen LogP contribution in [0.25, 0.3) is 0 Å². The fourth-order valence-corrected chi connectivity index (χ4v) is 3.14. The molecule has 20 heavy (non-hydrogen) atoms. The quantitative estimate of drug-likeness (QED) is 0.871. The highest BCUT2D eigenvalue weighted by Gasteiger charge is 2.15. The van der Waals surface area contributed by atoms with Gasteiger partial charge >= 0.3 is 0 Å². The van der Waals surface area contributed by atoms with Gasteiger partial charge in [0.05, 0.1) is 4.90 Å². The zero-order valence-electron chi connectivity index (χ0n) is 11.2. The number of rotatable bonds is 4. The molecule has 6 heteroatoms. The van der Waals surface area contributed by atoms with E-state index in [4.69, 9.17) is 0 Å². The molecule has 1 aromatic heterocycles. The number of amides is 1. The van der Waals surface area contributed by atoms with Crippen LogP contribution in [0.5, 0.6) is 0 Å². The first kappa shape index (κ1) is 14.7. The lowest BCUT2D eigenvalue weighted by atomic mass is 10.2. The minimum Gasteiger partial charge on any atom is -0.337 e. The van der Waals surface area contributed by atoms with Gasteiger partial charge in [0.2, 0.25) is 0 Å². The Balaban J connectivity index is 2.21. The van der Waals surface area contributed by atoms with Gasteiger partial charge in [0.15, 0.2) is 9.84 Å². The van der Waals surface area contributed by atoms with Crippen LogP contribution in [0.15, 0.2) is 46.0 Å². The minimum atomic E-state index is -3.30. The highest BCUT2D eigenvalue weighted by molar-refractivity contribution is 7.90. The molecule has 0 saturated carbocycles. The van der Waals surface area contributed by atoms with E-state index in [1.807, 2.05) is 16.8 Å². The number of benzene rings is 1. The molecule has 0 atom stereocenters. The third-order valence-electron chi connectivity index (χ3n) is 2.86. The van der Waals surface area contributed by atoms with Gasteiger partial charge in [-0.2, -0.15) is 11.3 Å². The van der Waals surface area contributed by atoms with Gasteiger partial charge in [-0.15, -0.1) is 0 Å². The summed E-state index contributed by atoms with van der Waals surface area (Å²) in [5.41, 5.74) is 1.44. The lowest BCUT2D eigenvalue weighted by molar-refractivity contribution is 0.0785. The van der Waals surface area contributed by atoms with E-state index in [1.165, 1.54) is 12.1 Å². The van der Waals surface area contributed by atoms with Crippen LogP contribution < -0.4 is 0 Å². The molecule has 106 valence electrons. The van der Waals surface area contributed by atoms with Crippen molar-refractivity contribution < 1.29 is 13.2 Å². The largest absolute Gasteiger partial charge is 0.337 e. The molecule has 0 radical (unpaired) electrons. The number of hydrogen-bond donors (Lipinski definition) is 0. The molecule has 2 aromatic rings. The van der Waals surface area contributed by atoms with Gasteiger partial charge in [0.25, 0.3) is 5.91 Å². The van der Waals surface area contributed by atoms with Crippen LogP contribution in [0.4, 0.5) is 0 Å². The number of sulfone groups is 1. The first-order chi connectivity index (χ1) is 9.38. The fraction of sp³-hybridized carbons (Fsp3) is 0.214. The van der Waals surface area contributed by atoms with Crippen LogP contribution in [0.2, 0.25) is 0 Å². The summed E-state index contributed by atoms with van der Waals surface area (Å²) in [6.45, 7) is 0.505. The van der Waals surface area contributed by atoms with Crippen LogP contribution in [0, 0.1) is 0 Å². The average Bonchev–Trinajstić information content (AvgIpc) is 2.90. The van der Waals surface area contributed by atoms with E-state index < -0.39 is 9.84 Å². The average molecular weight is 309 g/mol. The Labute approximate surface area is 122 Å². The SMILES string of the molecule is CN(Cc1ccsc1)C(=O)c1cccc(S(C)(=O)=O)c1. The normalized spacial score (nSPS) is 11.3. The first-order valence-electron chi connectivity index (χ1n) is 5.94. The van der Waals surface area contributed by atoms with Crippen molar-refractivity contribution in [1.82, 2.24) is 4.90 Å². The zero-order valence-corrected chi connectivity index (χ0v) is 12.9. The summed E-state index contributed by atoms with van der Waals surface area (Å²) in [6, 6.07) is 8.08. The minimum absolute atomic E-state index is 0.160. The van der Waals surface area contributed by atoms with Crippen molar-refractivity contribution >= 4 is 27.1 Å². The Morgan fingerprint density at radius 1 is 1.30 bits per heavy atom. The topological polar surface area (TPSA) is 54.5 Å². The van der Waals surface area contributed by atoms with Gasteiger partial charge in [0, 0.05) is 25.4 Å². The Kier molecular flexibility index (Phi) is 4.25. The van der Waals surface area contributed by atoms with Crippen molar-refractivity contribution in [1.29, 1.82) is 0 Å². The van der Waals surface area contributed by atoms with Gasteiger partial charge in [-0.3, -0.25) is 4.79 Å². The number of carbonyl (C=O) groups excluding carboxylic acids is 1. The van der Waals surface area contributed by atoms with Gasteiger partial charge in [-0.05, 0) is 40.6 Å². The molecule has 1 aromatic carbocycles. The van der Waals surface area contributed by atoms with E-state index in [0.29, 0.717) is 12.1 Å². The summed E-state index contributed by atoms with van der Waals surface area (Å²) < 4.78 is 23.0. The molecule has 0 unspecified atom stereocenters. The van der Waals surface area contributed by atoms with E-state index >= 15 is 0 Å². The monoisotopic (exact) mass is 309 g/mol. The third-order valence-corrected chi connectivity index (χ3v) is 4.70. The number of hydrogen-bond acceptors (Lipinski definition) is 4. The molecule has 0 aliphatic heterocycles. The Bertz CT molecular complexity index is 706. The van der Waals surface area contributed by atoms with Crippen molar-refractivity contribution in [2.75, 3.05) is 13.3 Å².